The lowest BCUT2D eigenvalue weighted by Crippen LogP contribution is -2.45. The molecule has 7 heteroatoms. The van der Waals surface area contributed by atoms with E-state index >= 15 is 0 Å². The zero-order chi connectivity index (χ0) is 20.4. The van der Waals surface area contributed by atoms with E-state index in [0.717, 1.165) is 18.4 Å². The smallest absolute Gasteiger partial charge is 0.311 e. The first kappa shape index (κ1) is 19.6. The minimum Gasteiger partial charge on any atom is -0.455 e. The van der Waals surface area contributed by atoms with Crippen molar-refractivity contribution in [2.75, 3.05) is 6.54 Å². The van der Waals surface area contributed by atoms with Gasteiger partial charge in [-0.15, -0.1) is 10.2 Å². The Morgan fingerprint density at radius 1 is 1.21 bits per heavy atom. The average molecular weight is 397 g/mol. The molecule has 1 aromatic heterocycles. The summed E-state index contributed by atoms with van der Waals surface area (Å²) in [5.74, 6) is 0.941. The number of likely N-dealkylation sites (tertiary alicyclic amines) is 1. The molecule has 2 aromatic rings. The van der Waals surface area contributed by atoms with Crippen LogP contribution in [0.5, 0.6) is 0 Å². The fourth-order valence-electron chi connectivity index (χ4n) is 4.46. The summed E-state index contributed by atoms with van der Waals surface area (Å²) < 4.78 is 10.9. The number of rotatable bonds is 5. The zero-order valence-corrected chi connectivity index (χ0v) is 16.9. The van der Waals surface area contributed by atoms with Gasteiger partial charge in [0.2, 0.25) is 11.8 Å². The van der Waals surface area contributed by atoms with Gasteiger partial charge in [0.1, 0.15) is 0 Å². The van der Waals surface area contributed by atoms with Crippen LogP contribution < -0.4 is 0 Å². The molecule has 29 heavy (non-hydrogen) atoms. The predicted octanol–water partition coefficient (Wildman–Crippen LogP) is 3.45. The fraction of sp³-hybridized carbons (Fsp3) is 0.545. The first-order valence-corrected chi connectivity index (χ1v) is 10.4. The van der Waals surface area contributed by atoms with E-state index in [-0.39, 0.29) is 36.8 Å². The van der Waals surface area contributed by atoms with Gasteiger partial charge in [-0.1, -0.05) is 44.9 Å². The lowest BCUT2D eigenvalue weighted by molar-refractivity contribution is -0.150. The number of carbonyl (C=O) groups is 2. The van der Waals surface area contributed by atoms with E-state index in [9.17, 15) is 9.59 Å². The van der Waals surface area contributed by atoms with Crippen LogP contribution in [-0.4, -0.2) is 39.6 Å². The molecule has 7 nitrogen and oxygen atoms in total. The molecule has 0 radical (unpaired) electrons. The molecule has 2 heterocycles. The summed E-state index contributed by atoms with van der Waals surface area (Å²) in [5, 5.41) is 7.93. The maximum absolute atomic E-state index is 12.6. The number of hydrogen-bond acceptors (Lipinski definition) is 6. The van der Waals surface area contributed by atoms with Crippen molar-refractivity contribution in [1.29, 1.82) is 0 Å². The quantitative estimate of drug-likeness (QED) is 0.719. The van der Waals surface area contributed by atoms with E-state index in [0.29, 0.717) is 24.3 Å². The van der Waals surface area contributed by atoms with Crippen molar-refractivity contribution in [1.82, 2.24) is 15.1 Å². The van der Waals surface area contributed by atoms with E-state index in [2.05, 4.69) is 24.0 Å². The molecular formula is C22H27N3O4. The molecular weight excluding hydrogens is 370 g/mol. The summed E-state index contributed by atoms with van der Waals surface area (Å²) in [7, 11) is 0. The Bertz CT molecular complexity index is 866. The van der Waals surface area contributed by atoms with Crippen LogP contribution in [0.1, 0.15) is 45.4 Å². The molecule has 1 saturated carbocycles. The first-order valence-electron chi connectivity index (χ1n) is 10.4. The van der Waals surface area contributed by atoms with Gasteiger partial charge in [-0.3, -0.25) is 9.59 Å². The second-order valence-corrected chi connectivity index (χ2v) is 8.26. The van der Waals surface area contributed by atoms with Crippen LogP contribution in [-0.2, 0) is 20.9 Å². The third kappa shape index (κ3) is 4.18. The number of ether oxygens (including phenoxy) is 1. The van der Waals surface area contributed by atoms with E-state index in [4.69, 9.17) is 9.15 Å². The van der Waals surface area contributed by atoms with Gasteiger partial charge >= 0.3 is 5.97 Å². The summed E-state index contributed by atoms with van der Waals surface area (Å²) in [6.07, 6.45) is 3.58. The topological polar surface area (TPSA) is 85.5 Å². The summed E-state index contributed by atoms with van der Waals surface area (Å²) in [5.41, 5.74) is 0.811. The number of nitrogens with zero attached hydrogens (tertiary/aromatic N) is 3. The molecule has 0 N–H and O–H groups in total. The van der Waals surface area contributed by atoms with Crippen LogP contribution in [0, 0.1) is 17.8 Å². The predicted molar refractivity (Wildman–Crippen MR) is 105 cm³/mol. The summed E-state index contributed by atoms with van der Waals surface area (Å²) in [6.45, 7) is 4.82. The third-order valence-corrected chi connectivity index (χ3v) is 6.38. The molecule has 1 amide bonds. The van der Waals surface area contributed by atoms with Crippen LogP contribution in [0.15, 0.2) is 34.7 Å². The molecule has 1 aromatic carbocycles. The van der Waals surface area contributed by atoms with Crippen molar-refractivity contribution >= 4 is 11.9 Å². The van der Waals surface area contributed by atoms with E-state index in [1.165, 1.54) is 6.42 Å². The summed E-state index contributed by atoms with van der Waals surface area (Å²) in [6, 6.07) is 9.65. The SMILES string of the molecule is C[C@H]1[C@H](N2C[C@H](C(=O)OCc3nnc(-c4ccccc4)o3)CC2=O)CCC[C@@H]1C. The molecule has 0 spiro atoms. The van der Waals surface area contributed by atoms with Gasteiger partial charge in [0, 0.05) is 24.6 Å². The second kappa shape index (κ2) is 8.35. The van der Waals surface area contributed by atoms with Crippen molar-refractivity contribution in [3.05, 3.63) is 36.2 Å². The van der Waals surface area contributed by atoms with Gasteiger partial charge in [0.15, 0.2) is 6.61 Å². The lowest BCUT2D eigenvalue weighted by atomic mass is 9.77. The van der Waals surface area contributed by atoms with Gasteiger partial charge in [-0.2, -0.15) is 0 Å². The largest absolute Gasteiger partial charge is 0.455 e. The second-order valence-electron chi connectivity index (χ2n) is 8.26. The van der Waals surface area contributed by atoms with Gasteiger partial charge in [0.05, 0.1) is 5.92 Å². The van der Waals surface area contributed by atoms with Crippen molar-refractivity contribution < 1.29 is 18.7 Å². The summed E-state index contributed by atoms with van der Waals surface area (Å²) in [4.78, 5) is 27.0. The molecule has 4 atom stereocenters. The molecule has 154 valence electrons. The van der Waals surface area contributed by atoms with Crippen molar-refractivity contribution in [3.63, 3.8) is 0 Å². The molecule has 2 aliphatic rings. The Kier molecular flexibility index (Phi) is 5.65. The highest BCUT2D eigenvalue weighted by Gasteiger charge is 2.42. The number of amides is 1. The summed E-state index contributed by atoms with van der Waals surface area (Å²) >= 11 is 0. The van der Waals surface area contributed by atoms with Crippen LogP contribution in [0.4, 0.5) is 0 Å². The minimum atomic E-state index is -0.427. The molecule has 0 unspecified atom stereocenters. The van der Waals surface area contributed by atoms with E-state index in [1.54, 1.807) is 0 Å². The number of benzene rings is 1. The van der Waals surface area contributed by atoms with Gasteiger partial charge in [0.25, 0.3) is 5.89 Å². The molecule has 4 rings (SSSR count). The van der Waals surface area contributed by atoms with Crippen molar-refractivity contribution in [3.8, 4) is 11.5 Å². The zero-order valence-electron chi connectivity index (χ0n) is 16.9. The van der Waals surface area contributed by atoms with Gasteiger partial charge in [-0.05, 0) is 30.4 Å². The van der Waals surface area contributed by atoms with E-state index in [1.807, 2.05) is 35.2 Å². The van der Waals surface area contributed by atoms with Crippen LogP contribution in [0.2, 0.25) is 0 Å². The molecule has 2 fully saturated rings. The minimum absolute atomic E-state index is 0.0575. The van der Waals surface area contributed by atoms with Crippen LogP contribution in [0.25, 0.3) is 11.5 Å². The van der Waals surface area contributed by atoms with Gasteiger partial charge < -0.3 is 14.1 Å². The first-order chi connectivity index (χ1) is 14.0. The molecule has 1 saturated heterocycles. The Labute approximate surface area is 170 Å². The normalized spacial score (nSPS) is 27.2. The number of esters is 1. The third-order valence-electron chi connectivity index (χ3n) is 6.38. The Morgan fingerprint density at radius 3 is 2.79 bits per heavy atom. The highest BCUT2D eigenvalue weighted by molar-refractivity contribution is 5.87. The Balaban J connectivity index is 1.33. The number of aromatic nitrogens is 2. The van der Waals surface area contributed by atoms with Crippen molar-refractivity contribution in [2.45, 2.75) is 52.2 Å². The van der Waals surface area contributed by atoms with Crippen molar-refractivity contribution in [2.24, 2.45) is 17.8 Å². The van der Waals surface area contributed by atoms with Gasteiger partial charge in [-0.25, -0.2) is 0 Å². The molecule has 0 bridgehead atoms. The van der Waals surface area contributed by atoms with Crippen LogP contribution >= 0.6 is 0 Å². The number of carbonyl (C=O) groups excluding carboxylic acids is 2. The highest BCUT2D eigenvalue weighted by atomic mass is 16.5. The molecule has 1 aliphatic heterocycles. The maximum atomic E-state index is 12.6. The lowest BCUT2D eigenvalue weighted by Gasteiger charge is -2.39. The average Bonchev–Trinajstić information content (AvgIpc) is 3.36. The van der Waals surface area contributed by atoms with E-state index < -0.39 is 5.92 Å². The standard InChI is InChI=1S/C22H27N3O4/c1-14-7-6-10-18(15(14)2)25-12-17(11-20(25)26)22(27)28-13-19-23-24-21(29-19)16-8-4-3-5-9-16/h3-5,8-9,14-15,17-18H,6-7,10-13H2,1-2H3/t14-,15+,17+,18+/m0/s1. The highest BCUT2D eigenvalue weighted by Crippen LogP contribution is 2.36. The monoisotopic (exact) mass is 397 g/mol. The Morgan fingerprint density at radius 2 is 2.00 bits per heavy atom. The number of hydrogen-bond donors (Lipinski definition) is 0. The molecule has 1 aliphatic carbocycles. The fourth-order valence-corrected chi connectivity index (χ4v) is 4.46. The van der Waals surface area contributed by atoms with Crippen LogP contribution in [0.3, 0.4) is 0 Å². The maximum Gasteiger partial charge on any atom is 0.311 e. The Hall–Kier alpha value is -2.70.